The fourth-order valence-corrected chi connectivity index (χ4v) is 2.65. The molecule has 1 aromatic heterocycles. The first-order valence-electron chi connectivity index (χ1n) is 3.73. The van der Waals surface area contributed by atoms with Crippen LogP contribution < -0.4 is 4.89 Å². The van der Waals surface area contributed by atoms with Crippen LogP contribution in [-0.2, 0) is 14.9 Å². The first kappa shape index (κ1) is 11.1. The maximum absolute atomic E-state index is 11.4. The van der Waals surface area contributed by atoms with Crippen LogP contribution in [-0.4, -0.2) is 15.0 Å². The molecule has 0 amide bonds. The highest BCUT2D eigenvalue weighted by atomic mass is 32.2. The van der Waals surface area contributed by atoms with Crippen molar-refractivity contribution >= 4 is 21.4 Å². The molecule has 0 atom stereocenters. The second kappa shape index (κ2) is 4.52. The van der Waals surface area contributed by atoms with Gasteiger partial charge in [0, 0.05) is 0 Å². The fourth-order valence-electron chi connectivity index (χ4n) is 0.702. The van der Waals surface area contributed by atoms with E-state index in [0.717, 1.165) is 11.3 Å². The van der Waals surface area contributed by atoms with Crippen molar-refractivity contribution in [2.24, 2.45) is 0 Å². The molecule has 0 saturated carbocycles. The van der Waals surface area contributed by atoms with E-state index in [1.807, 2.05) is 11.0 Å². The van der Waals surface area contributed by atoms with Gasteiger partial charge in [0.05, 0.1) is 6.61 Å². The van der Waals surface area contributed by atoms with Crippen molar-refractivity contribution in [3.8, 4) is 6.07 Å². The molecule has 0 aliphatic rings. The number of nitriles is 1. The van der Waals surface area contributed by atoms with Crippen molar-refractivity contribution in [3.05, 3.63) is 17.0 Å². The highest BCUT2D eigenvalue weighted by Crippen LogP contribution is 2.20. The third-order valence-corrected chi connectivity index (χ3v) is 3.97. The molecule has 7 heteroatoms. The highest BCUT2D eigenvalue weighted by molar-refractivity contribution is 7.91. The van der Waals surface area contributed by atoms with Crippen LogP contribution >= 0.6 is 11.3 Å². The molecular weight excluding hydrogens is 224 g/mol. The number of nitrogens with one attached hydrogen (secondary N) is 1. The molecule has 1 heterocycles. The molecule has 0 fully saturated rings. The molecule has 1 aromatic rings. The van der Waals surface area contributed by atoms with E-state index in [4.69, 9.17) is 5.26 Å². The first-order chi connectivity index (χ1) is 6.60. The number of hydrogen-bond donors (Lipinski definition) is 1. The molecule has 0 radical (unpaired) electrons. The lowest BCUT2D eigenvalue weighted by molar-refractivity contribution is 0.105. The summed E-state index contributed by atoms with van der Waals surface area (Å²) >= 11 is 0.899. The first-order valence-corrected chi connectivity index (χ1v) is 6.03. The molecule has 0 spiro atoms. The zero-order chi connectivity index (χ0) is 10.6. The van der Waals surface area contributed by atoms with E-state index in [-0.39, 0.29) is 10.8 Å². The van der Waals surface area contributed by atoms with E-state index >= 15 is 0 Å². The van der Waals surface area contributed by atoms with Gasteiger partial charge < -0.3 is 0 Å². The Morgan fingerprint density at radius 1 is 1.64 bits per heavy atom. The fraction of sp³-hybridized carbons (Fsp3) is 0.286. The van der Waals surface area contributed by atoms with Crippen molar-refractivity contribution in [2.45, 2.75) is 11.1 Å². The average Bonchev–Trinajstić information content (AvgIpc) is 2.63. The lowest BCUT2D eigenvalue weighted by atomic mass is 10.5. The molecule has 1 rings (SSSR count). The average molecular weight is 232 g/mol. The normalized spacial score (nSPS) is 11.1. The SMILES string of the molecule is CCONS(=O)(=O)c1ccc(C#N)s1. The van der Waals surface area contributed by atoms with Gasteiger partial charge in [0.1, 0.15) is 15.2 Å². The molecule has 0 unspecified atom stereocenters. The minimum absolute atomic E-state index is 0.0718. The summed E-state index contributed by atoms with van der Waals surface area (Å²) in [6, 6.07) is 4.68. The summed E-state index contributed by atoms with van der Waals surface area (Å²) in [5, 5.41) is 8.51. The molecule has 0 bridgehead atoms. The van der Waals surface area contributed by atoms with Gasteiger partial charge in [0.25, 0.3) is 10.0 Å². The summed E-state index contributed by atoms with van der Waals surface area (Å²) in [6.45, 7) is 1.91. The Bertz CT molecular complexity index is 444. The van der Waals surface area contributed by atoms with Gasteiger partial charge >= 0.3 is 0 Å². The maximum atomic E-state index is 11.4. The van der Waals surface area contributed by atoms with E-state index in [1.165, 1.54) is 12.1 Å². The highest BCUT2D eigenvalue weighted by Gasteiger charge is 2.16. The van der Waals surface area contributed by atoms with Crippen LogP contribution in [0.15, 0.2) is 16.3 Å². The van der Waals surface area contributed by atoms with E-state index in [0.29, 0.717) is 4.88 Å². The molecule has 0 aliphatic heterocycles. The molecule has 5 nitrogen and oxygen atoms in total. The van der Waals surface area contributed by atoms with E-state index < -0.39 is 10.0 Å². The summed E-state index contributed by atoms with van der Waals surface area (Å²) in [5.41, 5.74) is 0. The van der Waals surface area contributed by atoms with E-state index in [9.17, 15) is 8.42 Å². The lowest BCUT2D eigenvalue weighted by Crippen LogP contribution is -2.23. The van der Waals surface area contributed by atoms with Crippen LogP contribution in [0.4, 0.5) is 0 Å². The van der Waals surface area contributed by atoms with Gasteiger partial charge in [-0.15, -0.1) is 11.3 Å². The monoisotopic (exact) mass is 232 g/mol. The predicted molar refractivity (Wildman–Crippen MR) is 51.0 cm³/mol. The molecule has 0 saturated heterocycles. The van der Waals surface area contributed by atoms with E-state index in [2.05, 4.69) is 4.84 Å². The van der Waals surface area contributed by atoms with Crippen molar-refractivity contribution in [1.29, 1.82) is 5.26 Å². The Morgan fingerprint density at radius 2 is 2.36 bits per heavy atom. The third kappa shape index (κ3) is 2.52. The van der Waals surface area contributed by atoms with Gasteiger partial charge in [0.15, 0.2) is 0 Å². The smallest absolute Gasteiger partial charge is 0.271 e. The largest absolute Gasteiger partial charge is 0.287 e. The molecular formula is C7H8N2O3S2. The molecule has 0 aliphatic carbocycles. The molecule has 76 valence electrons. The Balaban J connectivity index is 2.88. The van der Waals surface area contributed by atoms with Crippen molar-refractivity contribution in [3.63, 3.8) is 0 Å². The van der Waals surface area contributed by atoms with Crippen LogP contribution in [0, 0.1) is 11.3 Å². The summed E-state index contributed by atoms with van der Waals surface area (Å²) < 4.78 is 22.8. The maximum Gasteiger partial charge on any atom is 0.271 e. The minimum atomic E-state index is -3.62. The zero-order valence-electron chi connectivity index (χ0n) is 7.35. The van der Waals surface area contributed by atoms with Gasteiger partial charge in [-0.1, -0.05) is 4.89 Å². The number of nitrogens with zero attached hydrogens (tertiary/aromatic N) is 1. The quantitative estimate of drug-likeness (QED) is 0.780. The van der Waals surface area contributed by atoms with Gasteiger partial charge in [-0.25, -0.2) is 8.42 Å². The van der Waals surface area contributed by atoms with Crippen LogP contribution in [0.1, 0.15) is 11.8 Å². The van der Waals surface area contributed by atoms with Crippen LogP contribution in [0.25, 0.3) is 0 Å². The summed E-state index contributed by atoms with van der Waals surface area (Å²) in [6.07, 6.45) is 0. The van der Waals surface area contributed by atoms with E-state index in [1.54, 1.807) is 6.92 Å². The van der Waals surface area contributed by atoms with Gasteiger partial charge in [-0.2, -0.15) is 5.26 Å². The van der Waals surface area contributed by atoms with Gasteiger partial charge in [-0.3, -0.25) is 4.84 Å². The van der Waals surface area contributed by atoms with Crippen LogP contribution in [0.3, 0.4) is 0 Å². The second-order valence-corrected chi connectivity index (χ2v) is 5.21. The molecule has 0 aromatic carbocycles. The number of rotatable bonds is 4. The van der Waals surface area contributed by atoms with Crippen molar-refractivity contribution in [2.75, 3.05) is 6.61 Å². The summed E-state index contributed by atoms with van der Waals surface area (Å²) in [4.78, 5) is 6.87. The molecule has 1 N–H and O–H groups in total. The number of thiophene rings is 1. The third-order valence-electron chi connectivity index (χ3n) is 1.27. The topological polar surface area (TPSA) is 79.2 Å². The number of sulfonamides is 1. The van der Waals surface area contributed by atoms with Crippen LogP contribution in [0.2, 0.25) is 0 Å². The Kier molecular flexibility index (Phi) is 3.60. The summed E-state index contributed by atoms with van der Waals surface area (Å²) in [7, 11) is -3.62. The Morgan fingerprint density at radius 3 is 2.86 bits per heavy atom. The number of hydrogen-bond acceptors (Lipinski definition) is 5. The lowest BCUT2D eigenvalue weighted by Gasteiger charge is -2.01. The minimum Gasteiger partial charge on any atom is -0.287 e. The predicted octanol–water partition coefficient (Wildman–Crippen LogP) is 0.850. The standard InChI is InChI=1S/C7H8N2O3S2/c1-2-12-9-14(10,11)7-4-3-6(5-8)13-7/h3-4,9H,2H2,1H3. The van der Waals surface area contributed by atoms with Gasteiger partial charge in [0.2, 0.25) is 0 Å². The molecule has 14 heavy (non-hydrogen) atoms. The Labute approximate surface area is 85.9 Å². The Hall–Kier alpha value is -0.940. The van der Waals surface area contributed by atoms with Crippen molar-refractivity contribution < 1.29 is 13.3 Å². The van der Waals surface area contributed by atoms with Crippen LogP contribution in [0.5, 0.6) is 0 Å². The zero-order valence-corrected chi connectivity index (χ0v) is 8.98. The second-order valence-electron chi connectivity index (χ2n) is 2.25. The summed E-state index contributed by atoms with van der Waals surface area (Å²) in [5.74, 6) is 0. The van der Waals surface area contributed by atoms with Gasteiger partial charge in [-0.05, 0) is 19.1 Å². The van der Waals surface area contributed by atoms with Crippen molar-refractivity contribution in [1.82, 2.24) is 4.89 Å².